The van der Waals surface area contributed by atoms with Crippen molar-refractivity contribution in [2.24, 2.45) is 0 Å². The summed E-state index contributed by atoms with van der Waals surface area (Å²) in [6.45, 7) is 4.78. The average molecular weight is 681 g/mol. The van der Waals surface area contributed by atoms with E-state index in [0.29, 0.717) is 0 Å². The zero-order valence-electron chi connectivity index (χ0n) is 30.1. The summed E-state index contributed by atoms with van der Waals surface area (Å²) >= 11 is 0. The van der Waals surface area contributed by atoms with E-state index in [2.05, 4.69) is 206 Å². The normalized spacial score (nSPS) is 13.8. The van der Waals surface area contributed by atoms with Gasteiger partial charge in [0.25, 0.3) is 0 Å². The van der Waals surface area contributed by atoms with Crippen molar-refractivity contribution in [3.8, 4) is 11.1 Å². The fourth-order valence-corrected chi connectivity index (χ4v) is 8.72. The van der Waals surface area contributed by atoms with Gasteiger partial charge in [0, 0.05) is 39.2 Å². The quantitative estimate of drug-likeness (QED) is 0.172. The number of rotatable bonds is 6. The number of allylic oxidation sites excluding steroid dienone is 1. The van der Waals surface area contributed by atoms with Gasteiger partial charge in [-0.25, -0.2) is 0 Å². The maximum Gasteiger partial charge on any atom is 0.0540 e. The summed E-state index contributed by atoms with van der Waals surface area (Å²) in [6, 6.07) is 62.7. The molecule has 2 heteroatoms. The topological polar surface area (TPSA) is 6.48 Å². The first kappa shape index (κ1) is 31.4. The van der Waals surface area contributed by atoms with Gasteiger partial charge in [-0.3, -0.25) is 0 Å². The van der Waals surface area contributed by atoms with Crippen molar-refractivity contribution in [2.45, 2.75) is 32.1 Å². The van der Waals surface area contributed by atoms with Crippen molar-refractivity contribution in [1.82, 2.24) is 0 Å². The first-order valence-corrected chi connectivity index (χ1v) is 18.7. The lowest BCUT2D eigenvalue weighted by Crippen LogP contribution is -2.18. The standard InChI is InChI=1S/C51H40N2/c1-51(2)48-33-43(52(41-25-23-35-13-6-8-16-38(35)31-41)42-26-24-36-14-7-9-17-39(36)32-42)27-29-46(48)47-30-28-44(34-49(47)51)53(40-19-4-3-5-20-40)50-22-12-18-37-15-10-11-21-45(37)50/h3-6,8-13,15-34H,7,14H2,1-2H3. The van der Waals surface area contributed by atoms with Gasteiger partial charge < -0.3 is 9.80 Å². The van der Waals surface area contributed by atoms with E-state index in [1.807, 2.05) is 0 Å². The number of aryl methyl sites for hydroxylation is 1. The lowest BCUT2D eigenvalue weighted by Gasteiger charge is -2.30. The number of benzene rings is 8. The van der Waals surface area contributed by atoms with Gasteiger partial charge in [-0.05, 0) is 129 Å². The van der Waals surface area contributed by atoms with E-state index in [4.69, 9.17) is 0 Å². The predicted octanol–water partition coefficient (Wildman–Crippen LogP) is 14.2. The summed E-state index contributed by atoms with van der Waals surface area (Å²) in [6.07, 6.45) is 6.79. The second kappa shape index (κ2) is 12.4. The van der Waals surface area contributed by atoms with Crippen molar-refractivity contribution in [2.75, 3.05) is 9.80 Å². The molecule has 0 fully saturated rings. The van der Waals surface area contributed by atoms with Crippen LogP contribution in [0.5, 0.6) is 0 Å². The van der Waals surface area contributed by atoms with Crippen LogP contribution < -0.4 is 9.80 Å². The van der Waals surface area contributed by atoms with Crippen LogP contribution in [0.25, 0.3) is 38.7 Å². The summed E-state index contributed by atoms with van der Waals surface area (Å²) in [4.78, 5) is 4.86. The number of anilines is 6. The molecule has 8 aromatic carbocycles. The van der Waals surface area contributed by atoms with Crippen LogP contribution in [0.1, 0.15) is 42.5 Å². The maximum atomic E-state index is 2.44. The van der Waals surface area contributed by atoms with Crippen LogP contribution in [0.4, 0.5) is 34.1 Å². The summed E-state index contributed by atoms with van der Waals surface area (Å²) in [7, 11) is 0. The fourth-order valence-electron chi connectivity index (χ4n) is 8.72. The third-order valence-corrected chi connectivity index (χ3v) is 11.4. The molecular weight excluding hydrogens is 641 g/mol. The van der Waals surface area contributed by atoms with E-state index >= 15 is 0 Å². The SMILES string of the molecule is CC1(C)c2cc(N(c3ccc4c(c3)C=CCC4)c3ccc4ccccc4c3)ccc2-c2ccc(N(c3ccccc3)c3cccc4ccccc34)cc21. The third-order valence-electron chi connectivity index (χ3n) is 11.4. The molecule has 0 saturated carbocycles. The van der Waals surface area contributed by atoms with Crippen LogP contribution in [0.3, 0.4) is 0 Å². The minimum Gasteiger partial charge on any atom is -0.310 e. The molecule has 8 aromatic rings. The van der Waals surface area contributed by atoms with Gasteiger partial charge in [-0.1, -0.05) is 129 Å². The summed E-state index contributed by atoms with van der Waals surface area (Å²) in [5.74, 6) is 0. The molecule has 0 aromatic heterocycles. The molecule has 0 unspecified atom stereocenters. The molecule has 2 aliphatic rings. The van der Waals surface area contributed by atoms with E-state index in [-0.39, 0.29) is 5.41 Å². The lowest BCUT2D eigenvalue weighted by molar-refractivity contribution is 0.660. The van der Waals surface area contributed by atoms with Gasteiger partial charge in [0.2, 0.25) is 0 Å². The van der Waals surface area contributed by atoms with Crippen molar-refractivity contribution in [3.63, 3.8) is 0 Å². The van der Waals surface area contributed by atoms with E-state index in [1.54, 1.807) is 0 Å². The highest BCUT2D eigenvalue weighted by atomic mass is 15.1. The maximum absolute atomic E-state index is 2.44. The van der Waals surface area contributed by atoms with Gasteiger partial charge >= 0.3 is 0 Å². The molecule has 254 valence electrons. The fraction of sp³-hybridized carbons (Fsp3) is 0.0980. The molecule has 0 amide bonds. The number of fused-ring (bicyclic) bond motifs is 6. The Bertz CT molecular complexity index is 2710. The van der Waals surface area contributed by atoms with Gasteiger partial charge in [0.1, 0.15) is 0 Å². The van der Waals surface area contributed by atoms with Gasteiger partial charge in [-0.15, -0.1) is 0 Å². The predicted molar refractivity (Wildman–Crippen MR) is 226 cm³/mol. The van der Waals surface area contributed by atoms with Gasteiger partial charge in [-0.2, -0.15) is 0 Å². The van der Waals surface area contributed by atoms with Crippen molar-refractivity contribution in [3.05, 3.63) is 198 Å². The molecule has 0 N–H and O–H groups in total. The van der Waals surface area contributed by atoms with E-state index in [1.165, 1.54) is 72.0 Å². The Hall–Kier alpha value is -6.38. The zero-order chi connectivity index (χ0) is 35.5. The van der Waals surface area contributed by atoms with Crippen LogP contribution in [0.15, 0.2) is 176 Å². The Morgan fingerprint density at radius 2 is 1.06 bits per heavy atom. The average Bonchev–Trinajstić information content (AvgIpc) is 3.43. The number of nitrogens with zero attached hydrogens (tertiary/aromatic N) is 2. The number of hydrogen-bond donors (Lipinski definition) is 0. The molecule has 2 nitrogen and oxygen atoms in total. The van der Waals surface area contributed by atoms with Crippen molar-refractivity contribution in [1.29, 1.82) is 0 Å². The first-order valence-electron chi connectivity index (χ1n) is 18.7. The number of para-hydroxylation sites is 1. The van der Waals surface area contributed by atoms with E-state index < -0.39 is 0 Å². The summed E-state index contributed by atoms with van der Waals surface area (Å²) < 4.78 is 0. The van der Waals surface area contributed by atoms with Crippen LogP contribution in [-0.2, 0) is 11.8 Å². The minimum absolute atomic E-state index is 0.217. The lowest BCUT2D eigenvalue weighted by atomic mass is 9.82. The Morgan fingerprint density at radius 3 is 1.85 bits per heavy atom. The minimum atomic E-state index is -0.217. The highest BCUT2D eigenvalue weighted by Crippen LogP contribution is 2.53. The molecule has 0 bridgehead atoms. The highest BCUT2D eigenvalue weighted by Gasteiger charge is 2.37. The molecule has 0 radical (unpaired) electrons. The Labute approximate surface area is 311 Å². The third kappa shape index (κ3) is 5.25. The van der Waals surface area contributed by atoms with Gasteiger partial charge in [0.05, 0.1) is 5.69 Å². The second-order valence-corrected chi connectivity index (χ2v) is 14.9. The molecule has 53 heavy (non-hydrogen) atoms. The van der Waals surface area contributed by atoms with Crippen molar-refractivity contribution >= 4 is 61.7 Å². The molecule has 0 saturated heterocycles. The van der Waals surface area contributed by atoms with Crippen LogP contribution >= 0.6 is 0 Å². The summed E-state index contributed by atoms with van der Waals surface area (Å²) in [5, 5.41) is 4.96. The van der Waals surface area contributed by atoms with Gasteiger partial charge in [0.15, 0.2) is 0 Å². The monoisotopic (exact) mass is 680 g/mol. The Morgan fingerprint density at radius 1 is 0.453 bits per heavy atom. The van der Waals surface area contributed by atoms with E-state index in [9.17, 15) is 0 Å². The second-order valence-electron chi connectivity index (χ2n) is 14.9. The smallest absolute Gasteiger partial charge is 0.0540 e. The molecule has 2 aliphatic carbocycles. The molecule has 0 atom stereocenters. The molecule has 0 spiro atoms. The first-order chi connectivity index (χ1) is 26.0. The number of hydrogen-bond acceptors (Lipinski definition) is 2. The highest BCUT2D eigenvalue weighted by molar-refractivity contribution is 5.99. The van der Waals surface area contributed by atoms with Crippen LogP contribution in [-0.4, -0.2) is 0 Å². The Balaban J connectivity index is 1.11. The summed E-state index contributed by atoms with van der Waals surface area (Å²) in [5.41, 5.74) is 14.8. The van der Waals surface area contributed by atoms with Crippen LogP contribution in [0, 0.1) is 0 Å². The Kier molecular flexibility index (Phi) is 7.33. The zero-order valence-corrected chi connectivity index (χ0v) is 30.1. The molecular formula is C51H40N2. The van der Waals surface area contributed by atoms with Crippen molar-refractivity contribution < 1.29 is 0 Å². The largest absolute Gasteiger partial charge is 0.310 e. The molecule has 0 aliphatic heterocycles. The molecule has 10 rings (SSSR count). The van der Waals surface area contributed by atoms with E-state index in [0.717, 1.165) is 29.9 Å². The van der Waals surface area contributed by atoms with Crippen LogP contribution in [0.2, 0.25) is 0 Å². The molecule has 0 heterocycles.